The molecule has 2 aromatic carbocycles. The molecule has 120 valence electrons. The van der Waals surface area contributed by atoms with Gasteiger partial charge in [-0.15, -0.1) is 5.10 Å². The molecule has 0 aliphatic rings. The molecule has 0 aliphatic carbocycles. The molecular formula is C16H13FN6O. The molecule has 0 atom stereocenters. The van der Waals surface area contributed by atoms with Crippen LogP contribution in [0.25, 0.3) is 5.69 Å². The molecule has 1 heterocycles. The molecule has 0 radical (unpaired) electrons. The maximum Gasteiger partial charge on any atom is 0.274 e. The summed E-state index contributed by atoms with van der Waals surface area (Å²) in [5.74, 6) is -1.20. The fourth-order valence-electron chi connectivity index (χ4n) is 2.06. The molecule has 1 aromatic heterocycles. The number of hydrogen-bond acceptors (Lipinski definition) is 5. The van der Waals surface area contributed by atoms with E-state index in [1.165, 1.54) is 29.2 Å². The van der Waals surface area contributed by atoms with E-state index in [0.29, 0.717) is 5.71 Å². The van der Waals surface area contributed by atoms with Gasteiger partial charge >= 0.3 is 0 Å². The zero-order valence-electron chi connectivity index (χ0n) is 12.7. The minimum atomic E-state index is -0.607. The number of nitrogens with zero attached hydrogens (tertiary/aromatic N) is 5. The maximum absolute atomic E-state index is 13.6. The zero-order valence-corrected chi connectivity index (χ0v) is 12.7. The van der Waals surface area contributed by atoms with Crippen LogP contribution >= 0.6 is 0 Å². The van der Waals surface area contributed by atoms with Gasteiger partial charge in [0, 0.05) is 0 Å². The number of hydrogen-bond donors (Lipinski definition) is 1. The largest absolute Gasteiger partial charge is 0.274 e. The Balaban J connectivity index is 1.78. The lowest BCUT2D eigenvalue weighted by Gasteiger charge is -2.05. The van der Waals surface area contributed by atoms with Gasteiger partial charge in [-0.3, -0.25) is 4.79 Å². The van der Waals surface area contributed by atoms with Crippen LogP contribution in [-0.4, -0.2) is 31.8 Å². The predicted molar refractivity (Wildman–Crippen MR) is 85.2 cm³/mol. The Bertz CT molecular complexity index is 891. The maximum atomic E-state index is 13.6. The molecule has 8 heteroatoms. The van der Waals surface area contributed by atoms with Gasteiger partial charge in [-0.1, -0.05) is 24.3 Å². The summed E-state index contributed by atoms with van der Waals surface area (Å²) in [6.07, 6.45) is 1.48. The normalized spacial score (nSPS) is 11.3. The molecule has 0 spiro atoms. The molecule has 3 rings (SSSR count). The Hall–Kier alpha value is -3.42. The van der Waals surface area contributed by atoms with Crippen LogP contribution in [0.4, 0.5) is 4.39 Å². The average Bonchev–Trinajstić information content (AvgIpc) is 3.14. The standard InChI is InChI=1S/C16H13FN6O/c1-11(19-20-16(24)14-7-2-3-8-15(14)17)12-5-4-6-13(9-12)23-10-18-21-22-23/h2-10H,1H3,(H,20,24)/b19-11-. The number of amides is 1. The number of rotatable bonds is 4. The minimum Gasteiger partial charge on any atom is -0.267 e. The van der Waals surface area contributed by atoms with Crippen molar-refractivity contribution in [2.75, 3.05) is 0 Å². The van der Waals surface area contributed by atoms with Crippen molar-refractivity contribution in [2.45, 2.75) is 6.92 Å². The molecule has 7 nitrogen and oxygen atoms in total. The van der Waals surface area contributed by atoms with Gasteiger partial charge in [0.05, 0.1) is 17.0 Å². The summed E-state index contributed by atoms with van der Waals surface area (Å²) in [6, 6.07) is 13.0. The molecule has 0 unspecified atom stereocenters. The highest BCUT2D eigenvalue weighted by Crippen LogP contribution is 2.10. The zero-order chi connectivity index (χ0) is 16.9. The monoisotopic (exact) mass is 324 g/mol. The highest BCUT2D eigenvalue weighted by molar-refractivity contribution is 6.01. The number of aromatic nitrogens is 4. The Morgan fingerprint density at radius 2 is 2.04 bits per heavy atom. The van der Waals surface area contributed by atoms with Gasteiger partial charge in [0.15, 0.2) is 0 Å². The van der Waals surface area contributed by atoms with Crippen molar-refractivity contribution in [3.63, 3.8) is 0 Å². The lowest BCUT2D eigenvalue weighted by Crippen LogP contribution is -2.20. The first-order valence-electron chi connectivity index (χ1n) is 7.08. The number of carbonyl (C=O) groups excluding carboxylic acids is 1. The van der Waals surface area contributed by atoms with E-state index in [2.05, 4.69) is 26.1 Å². The van der Waals surface area contributed by atoms with Crippen molar-refractivity contribution < 1.29 is 9.18 Å². The number of hydrazone groups is 1. The first-order chi connectivity index (χ1) is 11.6. The third-order valence-corrected chi connectivity index (χ3v) is 3.32. The molecule has 24 heavy (non-hydrogen) atoms. The summed E-state index contributed by atoms with van der Waals surface area (Å²) >= 11 is 0. The van der Waals surface area contributed by atoms with Crippen LogP contribution in [-0.2, 0) is 0 Å². The number of halogens is 1. The first-order valence-corrected chi connectivity index (χ1v) is 7.08. The minimum absolute atomic E-state index is 0.0588. The van der Waals surface area contributed by atoms with E-state index in [9.17, 15) is 9.18 Å². The van der Waals surface area contributed by atoms with E-state index in [4.69, 9.17) is 0 Å². The average molecular weight is 324 g/mol. The van der Waals surface area contributed by atoms with Crippen LogP contribution in [0.15, 0.2) is 60.0 Å². The van der Waals surface area contributed by atoms with E-state index in [-0.39, 0.29) is 5.56 Å². The van der Waals surface area contributed by atoms with E-state index >= 15 is 0 Å². The summed E-state index contributed by atoms with van der Waals surface area (Å²) < 4.78 is 15.1. The Labute approximate surface area is 136 Å². The highest BCUT2D eigenvalue weighted by atomic mass is 19.1. The van der Waals surface area contributed by atoms with Crippen molar-refractivity contribution in [3.8, 4) is 5.69 Å². The molecule has 0 bridgehead atoms. The fraction of sp³-hybridized carbons (Fsp3) is 0.0625. The van der Waals surface area contributed by atoms with Crippen molar-refractivity contribution in [3.05, 3.63) is 71.8 Å². The molecule has 0 saturated carbocycles. The molecule has 0 fully saturated rings. The van der Waals surface area contributed by atoms with Crippen LogP contribution in [0.1, 0.15) is 22.8 Å². The molecule has 3 aromatic rings. The van der Waals surface area contributed by atoms with E-state index in [0.717, 1.165) is 11.3 Å². The van der Waals surface area contributed by atoms with Crippen LogP contribution in [0, 0.1) is 5.82 Å². The van der Waals surface area contributed by atoms with Crippen molar-refractivity contribution >= 4 is 11.6 Å². The quantitative estimate of drug-likeness (QED) is 0.587. The third-order valence-electron chi connectivity index (χ3n) is 3.32. The predicted octanol–water partition coefficient (Wildman–Crippen LogP) is 1.96. The first kappa shape index (κ1) is 15.5. The summed E-state index contributed by atoms with van der Waals surface area (Å²) in [5, 5.41) is 15.0. The number of benzene rings is 2. The molecule has 1 amide bonds. The second-order valence-corrected chi connectivity index (χ2v) is 4.92. The smallest absolute Gasteiger partial charge is 0.267 e. The SMILES string of the molecule is C/C(=N/NC(=O)c1ccccc1F)c1cccc(-n2cnnn2)c1. The van der Waals surface area contributed by atoms with Crippen LogP contribution in [0.2, 0.25) is 0 Å². The summed E-state index contributed by atoms with van der Waals surface area (Å²) in [5.41, 5.74) is 4.39. The lowest BCUT2D eigenvalue weighted by atomic mass is 10.1. The lowest BCUT2D eigenvalue weighted by molar-refractivity contribution is 0.0951. The summed E-state index contributed by atoms with van der Waals surface area (Å²) in [7, 11) is 0. The second-order valence-electron chi connectivity index (χ2n) is 4.92. The van der Waals surface area contributed by atoms with Gasteiger partial charge in [-0.2, -0.15) is 5.10 Å². The second kappa shape index (κ2) is 6.78. The van der Waals surface area contributed by atoms with Gasteiger partial charge in [-0.25, -0.2) is 14.5 Å². The van der Waals surface area contributed by atoms with E-state index < -0.39 is 11.7 Å². The third kappa shape index (κ3) is 3.32. The van der Waals surface area contributed by atoms with E-state index in [1.54, 1.807) is 13.0 Å². The molecule has 1 N–H and O–H groups in total. The van der Waals surface area contributed by atoms with Gasteiger partial charge < -0.3 is 0 Å². The summed E-state index contributed by atoms with van der Waals surface area (Å²) in [6.45, 7) is 1.74. The van der Waals surface area contributed by atoms with Gasteiger partial charge in [-0.05, 0) is 47.2 Å². The van der Waals surface area contributed by atoms with Crippen LogP contribution < -0.4 is 5.43 Å². The number of carbonyl (C=O) groups is 1. The van der Waals surface area contributed by atoms with Crippen molar-refractivity contribution in [2.24, 2.45) is 5.10 Å². The highest BCUT2D eigenvalue weighted by Gasteiger charge is 2.10. The molecule has 0 saturated heterocycles. The Morgan fingerprint density at radius 1 is 1.21 bits per heavy atom. The van der Waals surface area contributed by atoms with Gasteiger partial charge in [0.1, 0.15) is 12.1 Å². The molecular weight excluding hydrogens is 311 g/mol. The van der Waals surface area contributed by atoms with Gasteiger partial charge in [0.2, 0.25) is 0 Å². The van der Waals surface area contributed by atoms with Crippen molar-refractivity contribution in [1.82, 2.24) is 25.6 Å². The Morgan fingerprint density at radius 3 is 2.79 bits per heavy atom. The summed E-state index contributed by atoms with van der Waals surface area (Å²) in [4.78, 5) is 12.0. The Kier molecular flexibility index (Phi) is 4.37. The topological polar surface area (TPSA) is 85.1 Å². The van der Waals surface area contributed by atoms with Crippen molar-refractivity contribution in [1.29, 1.82) is 0 Å². The van der Waals surface area contributed by atoms with E-state index in [1.807, 2.05) is 24.3 Å². The van der Waals surface area contributed by atoms with Gasteiger partial charge in [0.25, 0.3) is 5.91 Å². The number of nitrogens with one attached hydrogen (secondary N) is 1. The van der Waals surface area contributed by atoms with Crippen LogP contribution in [0.3, 0.4) is 0 Å². The molecule has 0 aliphatic heterocycles. The van der Waals surface area contributed by atoms with Crippen LogP contribution in [0.5, 0.6) is 0 Å². The number of tetrazole rings is 1. The fourth-order valence-corrected chi connectivity index (χ4v) is 2.06.